The monoisotopic (exact) mass is 508 g/mol. The fraction of sp³-hybridized carbons (Fsp3) is 0.500. The zero-order chi connectivity index (χ0) is 26.7. The lowest BCUT2D eigenvalue weighted by atomic mass is 10.0. The summed E-state index contributed by atoms with van der Waals surface area (Å²) in [5.74, 6) is -0.801. The molecule has 9 nitrogen and oxygen atoms in total. The molecule has 0 aliphatic carbocycles. The highest BCUT2D eigenvalue weighted by molar-refractivity contribution is 6.02. The largest absolute Gasteiger partial charge is 0.459 e. The van der Waals surface area contributed by atoms with E-state index in [0.29, 0.717) is 24.9 Å². The summed E-state index contributed by atoms with van der Waals surface area (Å²) in [5.41, 5.74) is 1.51. The molecule has 3 unspecified atom stereocenters. The Hall–Kier alpha value is -3.62. The Kier molecular flexibility index (Phi) is 8.00. The van der Waals surface area contributed by atoms with Crippen LogP contribution < -0.4 is 10.2 Å². The lowest BCUT2D eigenvalue weighted by Crippen LogP contribution is -2.53. The number of hydrogen-bond donors (Lipinski definition) is 1. The first-order valence-electron chi connectivity index (χ1n) is 13.1. The molecular formula is C28H36N4O5. The van der Waals surface area contributed by atoms with E-state index in [2.05, 4.69) is 24.1 Å². The molecule has 2 fully saturated rings. The average molecular weight is 509 g/mol. The minimum absolute atomic E-state index is 0.0568. The van der Waals surface area contributed by atoms with Gasteiger partial charge in [0.1, 0.15) is 12.1 Å². The normalized spacial score (nSPS) is 19.8. The van der Waals surface area contributed by atoms with Crippen LogP contribution in [0.2, 0.25) is 0 Å². The second-order valence-corrected chi connectivity index (χ2v) is 10.1. The number of furan rings is 1. The van der Waals surface area contributed by atoms with Gasteiger partial charge in [-0.05, 0) is 69.0 Å². The highest BCUT2D eigenvalue weighted by Crippen LogP contribution is 2.32. The molecule has 1 aromatic heterocycles. The number of hydrogen-bond acceptors (Lipinski definition) is 6. The van der Waals surface area contributed by atoms with Crippen molar-refractivity contribution in [1.82, 2.24) is 15.1 Å². The summed E-state index contributed by atoms with van der Waals surface area (Å²) in [6, 6.07) is 8.70. The molecule has 2 aliphatic heterocycles. The van der Waals surface area contributed by atoms with Crippen molar-refractivity contribution in [2.75, 3.05) is 31.1 Å². The minimum Gasteiger partial charge on any atom is -0.459 e. The van der Waals surface area contributed by atoms with Gasteiger partial charge >= 0.3 is 0 Å². The number of amides is 3. The molecule has 0 bridgehead atoms. The molecule has 2 aliphatic rings. The summed E-state index contributed by atoms with van der Waals surface area (Å²) < 4.78 is 5.23. The fourth-order valence-electron chi connectivity index (χ4n) is 5.43. The number of likely N-dealkylation sites (tertiary alicyclic amines) is 2. The number of ketones is 1. The van der Waals surface area contributed by atoms with Crippen molar-refractivity contribution >= 4 is 29.2 Å². The van der Waals surface area contributed by atoms with Gasteiger partial charge in [-0.25, -0.2) is 0 Å². The van der Waals surface area contributed by atoms with E-state index in [-0.39, 0.29) is 41.7 Å². The van der Waals surface area contributed by atoms with Crippen LogP contribution in [0.15, 0.2) is 47.1 Å². The molecular weight excluding hydrogens is 472 g/mol. The molecule has 0 radical (unpaired) electrons. The van der Waals surface area contributed by atoms with Crippen LogP contribution in [0.5, 0.6) is 0 Å². The summed E-state index contributed by atoms with van der Waals surface area (Å²) in [6.45, 7) is 10.2. The Morgan fingerprint density at radius 3 is 2.38 bits per heavy atom. The van der Waals surface area contributed by atoms with Crippen molar-refractivity contribution in [1.29, 1.82) is 0 Å². The van der Waals surface area contributed by atoms with Crippen molar-refractivity contribution < 1.29 is 23.6 Å². The SMILES string of the molecule is CCN(CC)c1ccc(C(=O)NC(CC(C)C)C(=O)N2CCC3C2C(=O)CN3C(=O)c2ccco2)cc1. The Morgan fingerprint density at radius 1 is 1.08 bits per heavy atom. The van der Waals surface area contributed by atoms with E-state index in [1.54, 1.807) is 29.2 Å². The predicted molar refractivity (Wildman–Crippen MR) is 139 cm³/mol. The molecule has 3 heterocycles. The van der Waals surface area contributed by atoms with Gasteiger partial charge < -0.3 is 24.4 Å². The lowest BCUT2D eigenvalue weighted by Gasteiger charge is -2.29. The number of anilines is 1. The first-order chi connectivity index (χ1) is 17.7. The fourth-order valence-corrected chi connectivity index (χ4v) is 5.43. The Labute approximate surface area is 217 Å². The molecule has 198 valence electrons. The van der Waals surface area contributed by atoms with E-state index in [0.717, 1.165) is 18.8 Å². The number of carbonyl (C=O) groups is 4. The summed E-state index contributed by atoms with van der Waals surface area (Å²) in [5, 5.41) is 2.92. The number of fused-ring (bicyclic) bond motifs is 1. The third-order valence-corrected chi connectivity index (χ3v) is 7.27. The quantitative estimate of drug-likeness (QED) is 0.559. The maximum atomic E-state index is 13.7. The van der Waals surface area contributed by atoms with Gasteiger partial charge in [0.2, 0.25) is 5.91 Å². The van der Waals surface area contributed by atoms with E-state index >= 15 is 0 Å². The molecule has 0 saturated carbocycles. The first kappa shape index (κ1) is 26.4. The summed E-state index contributed by atoms with van der Waals surface area (Å²) in [4.78, 5) is 57.9. The van der Waals surface area contributed by atoms with E-state index < -0.39 is 18.1 Å². The summed E-state index contributed by atoms with van der Waals surface area (Å²) in [6.07, 6.45) is 2.37. The number of benzene rings is 1. The highest BCUT2D eigenvalue weighted by atomic mass is 16.3. The third-order valence-electron chi connectivity index (χ3n) is 7.27. The molecule has 1 aromatic carbocycles. The summed E-state index contributed by atoms with van der Waals surface area (Å²) in [7, 11) is 0. The van der Waals surface area contributed by atoms with Crippen LogP contribution in [0.25, 0.3) is 0 Å². The molecule has 37 heavy (non-hydrogen) atoms. The Bertz CT molecular complexity index is 1120. The van der Waals surface area contributed by atoms with E-state index in [1.807, 2.05) is 26.0 Å². The maximum Gasteiger partial charge on any atom is 0.290 e. The smallest absolute Gasteiger partial charge is 0.290 e. The van der Waals surface area contributed by atoms with Crippen LogP contribution >= 0.6 is 0 Å². The second kappa shape index (κ2) is 11.2. The Morgan fingerprint density at radius 2 is 1.78 bits per heavy atom. The van der Waals surface area contributed by atoms with Crippen LogP contribution in [0, 0.1) is 5.92 Å². The predicted octanol–water partition coefficient (Wildman–Crippen LogP) is 2.96. The van der Waals surface area contributed by atoms with Crippen LogP contribution in [0.4, 0.5) is 5.69 Å². The van der Waals surface area contributed by atoms with E-state index in [9.17, 15) is 19.2 Å². The number of carbonyl (C=O) groups excluding carboxylic acids is 4. The van der Waals surface area contributed by atoms with Crippen molar-refractivity contribution in [3.05, 3.63) is 54.0 Å². The molecule has 3 atom stereocenters. The van der Waals surface area contributed by atoms with Crippen molar-refractivity contribution in [3.8, 4) is 0 Å². The lowest BCUT2D eigenvalue weighted by molar-refractivity contribution is -0.138. The van der Waals surface area contributed by atoms with Crippen LogP contribution in [0.3, 0.4) is 0 Å². The van der Waals surface area contributed by atoms with Gasteiger partial charge in [-0.15, -0.1) is 0 Å². The number of nitrogens with zero attached hydrogens (tertiary/aromatic N) is 3. The topological polar surface area (TPSA) is 103 Å². The van der Waals surface area contributed by atoms with Crippen LogP contribution in [-0.4, -0.2) is 77.6 Å². The van der Waals surface area contributed by atoms with E-state index in [4.69, 9.17) is 4.42 Å². The van der Waals surface area contributed by atoms with E-state index in [1.165, 1.54) is 11.2 Å². The second-order valence-electron chi connectivity index (χ2n) is 10.1. The molecule has 2 saturated heterocycles. The van der Waals surface area contributed by atoms with Gasteiger partial charge in [0.25, 0.3) is 11.8 Å². The van der Waals surface area contributed by atoms with Crippen LogP contribution in [0.1, 0.15) is 61.4 Å². The van der Waals surface area contributed by atoms with Gasteiger partial charge in [-0.1, -0.05) is 13.8 Å². The number of rotatable bonds is 9. The highest BCUT2D eigenvalue weighted by Gasteiger charge is 2.52. The van der Waals surface area contributed by atoms with Crippen molar-refractivity contribution in [3.63, 3.8) is 0 Å². The van der Waals surface area contributed by atoms with Gasteiger partial charge in [0.15, 0.2) is 11.5 Å². The van der Waals surface area contributed by atoms with Gasteiger partial charge in [0, 0.05) is 30.9 Å². The first-order valence-corrected chi connectivity index (χ1v) is 13.1. The standard InChI is InChI=1S/C28H36N4O5/c1-5-30(6-2)20-11-9-19(10-12-20)26(34)29-21(16-18(3)4)27(35)31-14-13-22-25(31)23(33)17-32(22)28(36)24-8-7-15-37-24/h7-12,15,18,21-22,25H,5-6,13-14,16-17H2,1-4H3,(H,29,34). The Balaban J connectivity index is 1.48. The number of Topliss-reactive ketones (excluding diaryl/α,β-unsaturated/α-hetero) is 1. The molecule has 3 amide bonds. The molecule has 9 heteroatoms. The van der Waals surface area contributed by atoms with Crippen molar-refractivity contribution in [2.45, 2.75) is 58.7 Å². The third kappa shape index (κ3) is 5.40. The summed E-state index contributed by atoms with van der Waals surface area (Å²) >= 11 is 0. The molecule has 4 rings (SSSR count). The van der Waals surface area contributed by atoms with Crippen LogP contribution in [-0.2, 0) is 9.59 Å². The van der Waals surface area contributed by atoms with Gasteiger partial charge in [-0.3, -0.25) is 19.2 Å². The maximum absolute atomic E-state index is 13.7. The van der Waals surface area contributed by atoms with Gasteiger partial charge in [0.05, 0.1) is 18.8 Å². The minimum atomic E-state index is -0.767. The number of nitrogens with one attached hydrogen (secondary N) is 1. The van der Waals surface area contributed by atoms with Crippen molar-refractivity contribution in [2.24, 2.45) is 5.92 Å². The zero-order valence-electron chi connectivity index (χ0n) is 22.0. The van der Waals surface area contributed by atoms with Gasteiger partial charge in [-0.2, -0.15) is 0 Å². The molecule has 0 spiro atoms. The zero-order valence-corrected chi connectivity index (χ0v) is 22.0. The average Bonchev–Trinajstić information content (AvgIpc) is 3.63. The molecule has 2 aromatic rings. The molecule has 1 N–H and O–H groups in total.